The quantitative estimate of drug-likeness (QED) is 0.635. The lowest BCUT2D eigenvalue weighted by Crippen LogP contribution is -2.23. The van der Waals surface area contributed by atoms with Crippen molar-refractivity contribution >= 4 is 46.4 Å². The molecule has 1 atom stereocenters. The zero-order valence-electron chi connectivity index (χ0n) is 9.34. The molecule has 0 aliphatic carbocycles. The van der Waals surface area contributed by atoms with Crippen molar-refractivity contribution in [2.75, 3.05) is 5.88 Å². The van der Waals surface area contributed by atoms with Crippen molar-refractivity contribution in [3.8, 4) is 0 Å². The molecule has 94 valence electrons. The predicted molar refractivity (Wildman–Crippen MR) is 80.3 cm³/mol. The molecule has 18 heavy (non-hydrogen) atoms. The van der Waals surface area contributed by atoms with Crippen LogP contribution >= 0.6 is 46.4 Å². The number of rotatable bonds is 3. The van der Waals surface area contributed by atoms with Crippen molar-refractivity contribution in [2.24, 2.45) is 0 Å². The summed E-state index contributed by atoms with van der Waals surface area (Å²) >= 11 is 24.8. The molecule has 0 heterocycles. The summed E-state index contributed by atoms with van der Waals surface area (Å²) in [6.45, 7) is 0. The van der Waals surface area contributed by atoms with E-state index in [4.69, 9.17) is 46.4 Å². The highest BCUT2D eigenvalue weighted by molar-refractivity contribution is 6.36. The van der Waals surface area contributed by atoms with Crippen LogP contribution in [0.15, 0.2) is 48.5 Å². The van der Waals surface area contributed by atoms with Crippen LogP contribution in [-0.2, 0) is 4.87 Å². The number of benzene rings is 2. The van der Waals surface area contributed by atoms with Crippen molar-refractivity contribution in [1.29, 1.82) is 0 Å². The monoisotopic (exact) mass is 318 g/mol. The van der Waals surface area contributed by atoms with Gasteiger partial charge in [0.2, 0.25) is 0 Å². The van der Waals surface area contributed by atoms with Crippen molar-refractivity contribution in [3.05, 3.63) is 69.7 Å². The van der Waals surface area contributed by atoms with Crippen LogP contribution in [0.2, 0.25) is 10.0 Å². The van der Waals surface area contributed by atoms with E-state index in [2.05, 4.69) is 0 Å². The maximum Gasteiger partial charge on any atom is 0.109 e. The molecule has 0 fully saturated rings. The van der Waals surface area contributed by atoms with Crippen molar-refractivity contribution < 1.29 is 0 Å². The Bertz CT molecular complexity index is 536. The topological polar surface area (TPSA) is 0 Å². The Morgan fingerprint density at radius 1 is 0.889 bits per heavy atom. The lowest BCUT2D eigenvalue weighted by Gasteiger charge is -2.26. The maximum atomic E-state index is 6.67. The van der Waals surface area contributed by atoms with Gasteiger partial charge in [0, 0.05) is 15.9 Å². The summed E-state index contributed by atoms with van der Waals surface area (Å²) in [5.41, 5.74) is 1.67. The van der Waals surface area contributed by atoms with E-state index in [0.717, 1.165) is 11.1 Å². The highest BCUT2D eigenvalue weighted by Gasteiger charge is 2.32. The average Bonchev–Trinajstić information content (AvgIpc) is 2.39. The highest BCUT2D eigenvalue weighted by atomic mass is 35.5. The largest absolute Gasteiger partial charge is 0.124 e. The van der Waals surface area contributed by atoms with Gasteiger partial charge < -0.3 is 0 Å². The van der Waals surface area contributed by atoms with Crippen LogP contribution in [0, 0.1) is 0 Å². The first kappa shape index (κ1) is 14.0. The fraction of sp³-hybridized carbons (Fsp3) is 0.143. The lowest BCUT2D eigenvalue weighted by molar-refractivity contribution is 0.832. The van der Waals surface area contributed by atoms with E-state index in [9.17, 15) is 0 Å². The Kier molecular flexibility index (Phi) is 4.45. The Balaban J connectivity index is 2.55. The number of halogens is 4. The van der Waals surface area contributed by atoms with Crippen LogP contribution < -0.4 is 0 Å². The number of alkyl halides is 2. The maximum absolute atomic E-state index is 6.67. The summed E-state index contributed by atoms with van der Waals surface area (Å²) in [6.07, 6.45) is 0. The van der Waals surface area contributed by atoms with Crippen LogP contribution in [-0.4, -0.2) is 5.88 Å². The third kappa shape index (κ3) is 2.62. The average molecular weight is 320 g/mol. The summed E-state index contributed by atoms with van der Waals surface area (Å²) in [4.78, 5) is -0.843. The zero-order chi connectivity index (χ0) is 13.2. The normalized spacial score (nSPS) is 14.2. The SMILES string of the molecule is ClCC(Cl)(c1ccc(Cl)cc1)c1ccccc1Cl. The molecule has 0 N–H and O–H groups in total. The molecule has 0 spiro atoms. The van der Waals surface area contributed by atoms with Gasteiger partial charge in [-0.15, -0.1) is 23.2 Å². The molecule has 0 bridgehead atoms. The van der Waals surface area contributed by atoms with E-state index in [1.54, 1.807) is 18.2 Å². The molecule has 0 aliphatic heterocycles. The molecular formula is C14H10Cl4. The van der Waals surface area contributed by atoms with E-state index in [1.807, 2.05) is 30.3 Å². The Hall–Kier alpha value is -0.400. The molecular weight excluding hydrogens is 310 g/mol. The molecule has 2 aromatic rings. The minimum Gasteiger partial charge on any atom is -0.124 e. The third-order valence-corrected chi connectivity index (χ3v) is 4.46. The van der Waals surface area contributed by atoms with E-state index in [-0.39, 0.29) is 5.88 Å². The van der Waals surface area contributed by atoms with Crippen LogP contribution in [0.5, 0.6) is 0 Å². The van der Waals surface area contributed by atoms with Gasteiger partial charge in [0.15, 0.2) is 0 Å². The van der Waals surface area contributed by atoms with Gasteiger partial charge in [-0.1, -0.05) is 53.5 Å². The summed E-state index contributed by atoms with van der Waals surface area (Å²) in [6, 6.07) is 14.7. The Labute approximate surface area is 126 Å². The van der Waals surface area contributed by atoms with Crippen molar-refractivity contribution in [1.82, 2.24) is 0 Å². The predicted octanol–water partition coefficient (Wildman–Crippen LogP) is 5.71. The number of hydrogen-bond donors (Lipinski definition) is 0. The fourth-order valence-electron chi connectivity index (χ4n) is 1.80. The molecule has 1 unspecified atom stereocenters. The molecule has 2 aromatic carbocycles. The first-order chi connectivity index (χ1) is 8.58. The molecule has 0 saturated heterocycles. The van der Waals surface area contributed by atoms with Crippen molar-refractivity contribution in [2.45, 2.75) is 4.87 Å². The lowest BCUT2D eigenvalue weighted by atomic mass is 9.92. The van der Waals surface area contributed by atoms with E-state index in [0.29, 0.717) is 10.0 Å². The fourth-order valence-corrected chi connectivity index (χ4v) is 2.86. The summed E-state index contributed by atoms with van der Waals surface area (Å²) in [7, 11) is 0. The molecule has 0 aliphatic rings. The molecule has 4 heteroatoms. The highest BCUT2D eigenvalue weighted by Crippen LogP contribution is 2.41. The minimum atomic E-state index is -0.843. The first-order valence-electron chi connectivity index (χ1n) is 5.34. The van der Waals surface area contributed by atoms with Gasteiger partial charge >= 0.3 is 0 Å². The molecule has 0 saturated carbocycles. The summed E-state index contributed by atoms with van der Waals surface area (Å²) in [5.74, 6) is 0.222. The molecule has 0 aromatic heterocycles. The number of hydrogen-bond acceptors (Lipinski definition) is 0. The molecule has 2 rings (SSSR count). The van der Waals surface area contributed by atoms with Crippen LogP contribution in [0.25, 0.3) is 0 Å². The smallest absolute Gasteiger partial charge is 0.109 e. The second kappa shape index (κ2) is 5.71. The van der Waals surface area contributed by atoms with Crippen LogP contribution in [0.1, 0.15) is 11.1 Å². The van der Waals surface area contributed by atoms with Gasteiger partial charge in [-0.25, -0.2) is 0 Å². The zero-order valence-corrected chi connectivity index (χ0v) is 12.4. The van der Waals surface area contributed by atoms with E-state index in [1.165, 1.54) is 0 Å². The van der Waals surface area contributed by atoms with Gasteiger partial charge in [-0.05, 0) is 29.3 Å². The summed E-state index contributed by atoms with van der Waals surface area (Å²) in [5, 5.41) is 1.26. The van der Waals surface area contributed by atoms with Gasteiger partial charge in [0.05, 0.1) is 0 Å². The Morgan fingerprint density at radius 3 is 2.06 bits per heavy atom. The van der Waals surface area contributed by atoms with Crippen molar-refractivity contribution in [3.63, 3.8) is 0 Å². The standard InChI is InChI=1S/C14H10Cl4/c15-9-14(18,10-5-7-11(16)8-6-10)12-3-1-2-4-13(12)17/h1-8H,9H2. The minimum absolute atomic E-state index is 0.222. The van der Waals surface area contributed by atoms with Crippen LogP contribution in [0.3, 0.4) is 0 Å². The second-order valence-corrected chi connectivity index (χ2v) is 5.68. The summed E-state index contributed by atoms with van der Waals surface area (Å²) < 4.78 is 0. The van der Waals surface area contributed by atoms with E-state index >= 15 is 0 Å². The third-order valence-electron chi connectivity index (χ3n) is 2.79. The van der Waals surface area contributed by atoms with Gasteiger partial charge in [0.25, 0.3) is 0 Å². The van der Waals surface area contributed by atoms with Gasteiger partial charge in [0.1, 0.15) is 4.87 Å². The first-order valence-corrected chi connectivity index (χ1v) is 7.00. The Morgan fingerprint density at radius 2 is 1.50 bits per heavy atom. The van der Waals surface area contributed by atoms with E-state index < -0.39 is 4.87 Å². The molecule has 0 nitrogen and oxygen atoms in total. The van der Waals surface area contributed by atoms with Gasteiger partial charge in [-0.2, -0.15) is 0 Å². The van der Waals surface area contributed by atoms with Gasteiger partial charge in [-0.3, -0.25) is 0 Å². The second-order valence-electron chi connectivity index (χ2n) is 3.92. The molecule has 0 amide bonds. The van der Waals surface area contributed by atoms with Crippen LogP contribution in [0.4, 0.5) is 0 Å². The molecule has 0 radical (unpaired) electrons.